The molecular weight excluding hydrogens is 170 g/mol. The van der Waals surface area contributed by atoms with Crippen molar-refractivity contribution in [3.8, 4) is 0 Å². The highest BCUT2D eigenvalue weighted by Gasteiger charge is 2.17. The predicted molar refractivity (Wildman–Crippen MR) is 65.5 cm³/mol. The van der Waals surface area contributed by atoms with Crippen molar-refractivity contribution >= 4 is 0 Å². The van der Waals surface area contributed by atoms with Gasteiger partial charge in [-0.05, 0) is 37.5 Å². The summed E-state index contributed by atoms with van der Waals surface area (Å²) in [5.41, 5.74) is 2.55. The summed E-state index contributed by atoms with van der Waals surface area (Å²) in [4.78, 5) is 0. The van der Waals surface area contributed by atoms with Crippen LogP contribution in [0, 0.1) is 0 Å². The fourth-order valence-corrected chi connectivity index (χ4v) is 1.65. The van der Waals surface area contributed by atoms with Crippen LogP contribution in [0.3, 0.4) is 0 Å². The summed E-state index contributed by atoms with van der Waals surface area (Å²) in [5.74, 6) is 0. The molecule has 0 bridgehead atoms. The van der Waals surface area contributed by atoms with Crippen LogP contribution in [-0.2, 0) is 0 Å². The Balaban J connectivity index is 0.000000791. The molecule has 80 valence electrons. The molecule has 1 aliphatic heterocycles. The predicted octanol–water partition coefficient (Wildman–Crippen LogP) is 3.45. The maximum Gasteiger partial charge on any atom is 0.0323 e. The number of nitrogens with one attached hydrogen (secondary N) is 1. The molecule has 0 aliphatic carbocycles. The summed E-state index contributed by atoms with van der Waals surface area (Å²) in [5, 5.41) is 3.45. The van der Waals surface area contributed by atoms with E-state index >= 15 is 0 Å². The van der Waals surface area contributed by atoms with Crippen molar-refractivity contribution in [2.75, 3.05) is 6.54 Å². The minimum Gasteiger partial charge on any atom is -0.310 e. The van der Waals surface area contributed by atoms with Crippen molar-refractivity contribution in [3.63, 3.8) is 0 Å². The molecule has 1 nitrogen and oxygen atoms in total. The minimum absolute atomic E-state index is 0.514. The Labute approximate surface area is 88.6 Å². The van der Waals surface area contributed by atoms with Gasteiger partial charge in [0.2, 0.25) is 0 Å². The van der Waals surface area contributed by atoms with Gasteiger partial charge in [-0.15, -0.1) is 0 Å². The van der Waals surface area contributed by atoms with E-state index in [9.17, 15) is 0 Å². The molecule has 1 unspecified atom stereocenters. The molecule has 1 atom stereocenters. The van der Waals surface area contributed by atoms with Crippen LogP contribution in [0.1, 0.15) is 33.6 Å². The Morgan fingerprint density at radius 2 is 1.93 bits per heavy atom. The Kier molecular flexibility index (Phi) is 7.13. The van der Waals surface area contributed by atoms with Gasteiger partial charge in [-0.1, -0.05) is 39.2 Å². The van der Waals surface area contributed by atoms with Gasteiger partial charge in [0, 0.05) is 6.04 Å². The summed E-state index contributed by atoms with van der Waals surface area (Å²) in [6.45, 7) is 14.8. The first-order valence-corrected chi connectivity index (χ1v) is 5.48. The topological polar surface area (TPSA) is 12.0 Å². The number of rotatable bonds is 3. The first-order chi connectivity index (χ1) is 6.79. The largest absolute Gasteiger partial charge is 0.310 e. The normalized spacial score (nSPS) is 21.8. The number of hydrogen-bond acceptors (Lipinski definition) is 1. The van der Waals surface area contributed by atoms with E-state index in [0.717, 1.165) is 6.54 Å². The summed E-state index contributed by atoms with van der Waals surface area (Å²) in [7, 11) is 0. The molecule has 0 saturated carbocycles. The third-order valence-electron chi connectivity index (χ3n) is 2.42. The first kappa shape index (κ1) is 13.2. The van der Waals surface area contributed by atoms with Crippen LogP contribution >= 0.6 is 0 Å². The number of allylic oxidation sites excluding steroid dienone is 2. The molecule has 1 aliphatic rings. The van der Waals surface area contributed by atoms with Crippen molar-refractivity contribution in [2.45, 2.75) is 39.7 Å². The van der Waals surface area contributed by atoms with Gasteiger partial charge in [-0.2, -0.15) is 0 Å². The maximum atomic E-state index is 3.83. The molecule has 1 heteroatoms. The van der Waals surface area contributed by atoms with Gasteiger partial charge < -0.3 is 5.32 Å². The zero-order valence-corrected chi connectivity index (χ0v) is 9.77. The average molecular weight is 193 g/mol. The van der Waals surface area contributed by atoms with Crippen molar-refractivity contribution < 1.29 is 0 Å². The quantitative estimate of drug-likeness (QED) is 0.677. The molecule has 0 aromatic rings. The van der Waals surface area contributed by atoms with E-state index in [2.05, 4.69) is 25.4 Å². The molecular formula is C13H23N. The van der Waals surface area contributed by atoms with E-state index in [-0.39, 0.29) is 0 Å². The maximum absolute atomic E-state index is 3.83. The Bertz CT molecular complexity index is 207. The third-order valence-corrected chi connectivity index (χ3v) is 2.42. The molecule has 0 amide bonds. The van der Waals surface area contributed by atoms with Crippen molar-refractivity contribution in [3.05, 3.63) is 36.5 Å². The monoisotopic (exact) mass is 193 g/mol. The van der Waals surface area contributed by atoms with E-state index in [4.69, 9.17) is 0 Å². The molecule has 1 heterocycles. The molecule has 1 N–H and O–H groups in total. The zero-order chi connectivity index (χ0) is 11.0. The molecule has 0 spiro atoms. The highest BCUT2D eigenvalue weighted by Crippen LogP contribution is 2.18. The third kappa shape index (κ3) is 3.51. The molecule has 1 fully saturated rings. The van der Waals surface area contributed by atoms with Gasteiger partial charge in [-0.3, -0.25) is 0 Å². The summed E-state index contributed by atoms with van der Waals surface area (Å²) >= 11 is 0. The Morgan fingerprint density at radius 1 is 1.29 bits per heavy atom. The highest BCUT2D eigenvalue weighted by molar-refractivity contribution is 5.34. The first-order valence-electron chi connectivity index (χ1n) is 5.48. The lowest BCUT2D eigenvalue weighted by Crippen LogP contribution is -2.23. The fourth-order valence-electron chi connectivity index (χ4n) is 1.65. The summed E-state index contributed by atoms with van der Waals surface area (Å²) < 4.78 is 0. The van der Waals surface area contributed by atoms with E-state index in [1.165, 1.54) is 24.0 Å². The number of hydrogen-bond donors (Lipinski definition) is 1. The molecule has 14 heavy (non-hydrogen) atoms. The summed E-state index contributed by atoms with van der Waals surface area (Å²) in [6, 6.07) is 0.514. The molecule has 0 aromatic carbocycles. The lowest BCUT2D eigenvalue weighted by Gasteiger charge is -2.13. The van der Waals surface area contributed by atoms with Crippen LogP contribution in [0.25, 0.3) is 0 Å². The Morgan fingerprint density at radius 3 is 2.29 bits per heavy atom. The average Bonchev–Trinajstić information content (AvgIpc) is 2.75. The fraction of sp³-hybridized carbons (Fsp3) is 0.538. The summed E-state index contributed by atoms with van der Waals surface area (Å²) in [6.07, 6.45) is 6.34. The van der Waals surface area contributed by atoms with Crippen LogP contribution in [0.2, 0.25) is 0 Å². The van der Waals surface area contributed by atoms with Crippen molar-refractivity contribution in [1.82, 2.24) is 5.32 Å². The van der Waals surface area contributed by atoms with Gasteiger partial charge in [0.1, 0.15) is 0 Å². The van der Waals surface area contributed by atoms with Gasteiger partial charge in [0.05, 0.1) is 0 Å². The standard InChI is InChI=1S/C11H17N.C2H6/c1-4-9(3)10(5-2)11-7-6-8-12-11;1-2/h4-5,11-12H,1-2,6-8H2,3H3;1-2H3/b10-9+;. The van der Waals surface area contributed by atoms with Gasteiger partial charge in [-0.25, -0.2) is 0 Å². The Hall–Kier alpha value is -0.820. The molecule has 1 saturated heterocycles. The molecule has 0 aromatic heterocycles. The van der Waals surface area contributed by atoms with E-state index < -0.39 is 0 Å². The zero-order valence-electron chi connectivity index (χ0n) is 9.77. The SMILES string of the molecule is C=C/C(C)=C(\C=C)C1CCCN1.CC. The van der Waals surface area contributed by atoms with E-state index in [1.54, 1.807) is 0 Å². The second-order valence-electron chi connectivity index (χ2n) is 3.20. The van der Waals surface area contributed by atoms with Gasteiger partial charge in [0.15, 0.2) is 0 Å². The molecule has 0 radical (unpaired) electrons. The van der Waals surface area contributed by atoms with Crippen molar-refractivity contribution in [1.29, 1.82) is 0 Å². The smallest absolute Gasteiger partial charge is 0.0323 e. The lowest BCUT2D eigenvalue weighted by molar-refractivity contribution is 0.699. The minimum atomic E-state index is 0.514. The molecule has 1 rings (SSSR count). The lowest BCUT2D eigenvalue weighted by atomic mass is 10.0. The van der Waals surface area contributed by atoms with E-state index in [1.807, 2.05) is 26.0 Å². The van der Waals surface area contributed by atoms with Crippen LogP contribution in [0.4, 0.5) is 0 Å². The van der Waals surface area contributed by atoms with Crippen LogP contribution in [0.5, 0.6) is 0 Å². The van der Waals surface area contributed by atoms with Gasteiger partial charge >= 0.3 is 0 Å². The van der Waals surface area contributed by atoms with Crippen LogP contribution in [0.15, 0.2) is 36.5 Å². The van der Waals surface area contributed by atoms with Crippen molar-refractivity contribution in [2.24, 2.45) is 0 Å². The van der Waals surface area contributed by atoms with Gasteiger partial charge in [0.25, 0.3) is 0 Å². The van der Waals surface area contributed by atoms with Crippen LogP contribution in [-0.4, -0.2) is 12.6 Å². The second kappa shape index (κ2) is 7.57. The second-order valence-corrected chi connectivity index (χ2v) is 3.20. The van der Waals surface area contributed by atoms with Crippen LogP contribution < -0.4 is 5.32 Å². The highest BCUT2D eigenvalue weighted by atomic mass is 14.9. The van der Waals surface area contributed by atoms with E-state index in [0.29, 0.717) is 6.04 Å².